The molecule has 5 heteroatoms. The van der Waals surface area contributed by atoms with Gasteiger partial charge in [0.15, 0.2) is 6.29 Å². The maximum atomic E-state index is 10.7. The molecule has 0 aliphatic carbocycles. The van der Waals surface area contributed by atoms with Crippen LogP contribution in [0, 0.1) is 5.92 Å². The van der Waals surface area contributed by atoms with Crippen molar-refractivity contribution in [2.24, 2.45) is 5.92 Å². The van der Waals surface area contributed by atoms with Gasteiger partial charge in [0.1, 0.15) is 0 Å². The minimum Gasteiger partial charge on any atom is -0.481 e. The van der Waals surface area contributed by atoms with Gasteiger partial charge >= 0.3 is 5.97 Å². The Morgan fingerprint density at radius 1 is 1.10 bits per heavy atom. The predicted molar refractivity (Wildman–Crippen MR) is 115 cm³/mol. The number of pyridine rings is 1. The molecule has 154 valence electrons. The highest BCUT2D eigenvalue weighted by Gasteiger charge is 2.34. The van der Waals surface area contributed by atoms with Gasteiger partial charge in [-0.15, -0.1) is 0 Å². The summed E-state index contributed by atoms with van der Waals surface area (Å²) in [4.78, 5) is 15.0. The fourth-order valence-electron chi connectivity index (χ4n) is 3.88. The summed E-state index contributed by atoms with van der Waals surface area (Å²) in [7, 11) is 0. The van der Waals surface area contributed by atoms with Crippen molar-refractivity contribution in [1.82, 2.24) is 4.98 Å². The number of rotatable bonds is 7. The van der Waals surface area contributed by atoms with Crippen LogP contribution < -0.4 is 0 Å². The van der Waals surface area contributed by atoms with Crippen molar-refractivity contribution in [2.75, 3.05) is 6.61 Å². The van der Waals surface area contributed by atoms with Gasteiger partial charge in [-0.1, -0.05) is 60.7 Å². The molecule has 2 heterocycles. The van der Waals surface area contributed by atoms with E-state index in [1.165, 1.54) is 0 Å². The first-order valence-electron chi connectivity index (χ1n) is 10.2. The van der Waals surface area contributed by atoms with Gasteiger partial charge in [-0.3, -0.25) is 9.78 Å². The van der Waals surface area contributed by atoms with E-state index in [1.54, 1.807) is 6.20 Å². The zero-order valence-corrected chi connectivity index (χ0v) is 16.7. The number of nitrogens with zero attached hydrogens (tertiary/aromatic N) is 1. The normalized spacial score (nSPS) is 21.8. The summed E-state index contributed by atoms with van der Waals surface area (Å²) in [6, 6.07) is 18.4. The molecular formula is C25H25NO4. The number of carboxylic acids is 1. The van der Waals surface area contributed by atoms with Crippen molar-refractivity contribution >= 4 is 16.7 Å². The standard InChI is InChI=1S/C25H25NO4/c27-23(28)14-3-1-2-9-20-17-29-25(30-24(20)19-11-7-15-26-16-19)22-13-6-10-18-8-4-5-12-21(18)22/h1-2,4-8,10-13,15-16,20,24-25H,3,9,14,17H2,(H,27,28)/b2-1-/t20-,24-,25+/m0/s1. The number of hydrogen-bond acceptors (Lipinski definition) is 4. The highest BCUT2D eigenvalue weighted by Crippen LogP contribution is 2.41. The van der Waals surface area contributed by atoms with Gasteiger partial charge in [0.2, 0.25) is 0 Å². The molecular weight excluding hydrogens is 378 g/mol. The molecule has 0 amide bonds. The van der Waals surface area contributed by atoms with Crippen molar-refractivity contribution in [3.8, 4) is 0 Å². The summed E-state index contributed by atoms with van der Waals surface area (Å²) in [5.41, 5.74) is 2.05. The third kappa shape index (κ3) is 4.75. The molecule has 5 nitrogen and oxygen atoms in total. The number of carboxylic acid groups (broad SMARTS) is 1. The highest BCUT2D eigenvalue weighted by molar-refractivity contribution is 5.85. The molecule has 0 radical (unpaired) electrons. The molecule has 1 N–H and O–H groups in total. The van der Waals surface area contributed by atoms with Crippen molar-refractivity contribution in [3.63, 3.8) is 0 Å². The molecule has 0 saturated carbocycles. The predicted octanol–water partition coefficient (Wildman–Crippen LogP) is 5.45. The third-order valence-corrected chi connectivity index (χ3v) is 5.38. The van der Waals surface area contributed by atoms with E-state index in [0.29, 0.717) is 13.0 Å². The lowest BCUT2D eigenvalue weighted by atomic mass is 9.92. The van der Waals surface area contributed by atoms with Gasteiger partial charge in [0.25, 0.3) is 0 Å². The lowest BCUT2D eigenvalue weighted by Crippen LogP contribution is -2.30. The molecule has 30 heavy (non-hydrogen) atoms. The second kappa shape index (κ2) is 9.65. The van der Waals surface area contributed by atoms with Gasteiger partial charge in [-0.2, -0.15) is 0 Å². The van der Waals surface area contributed by atoms with E-state index >= 15 is 0 Å². The minimum absolute atomic E-state index is 0.126. The Hall–Kier alpha value is -3.02. The van der Waals surface area contributed by atoms with Crippen LogP contribution in [0.25, 0.3) is 10.8 Å². The Kier molecular flexibility index (Phi) is 6.52. The molecule has 1 aliphatic rings. The number of ether oxygens (including phenoxy) is 2. The van der Waals surface area contributed by atoms with Gasteiger partial charge in [0.05, 0.1) is 12.7 Å². The van der Waals surface area contributed by atoms with Crippen LogP contribution >= 0.6 is 0 Å². The van der Waals surface area contributed by atoms with Gasteiger partial charge < -0.3 is 14.6 Å². The summed E-state index contributed by atoms with van der Waals surface area (Å²) in [6.07, 6.45) is 8.37. The maximum Gasteiger partial charge on any atom is 0.303 e. The second-order valence-corrected chi connectivity index (χ2v) is 7.48. The Morgan fingerprint density at radius 3 is 2.80 bits per heavy atom. The summed E-state index contributed by atoms with van der Waals surface area (Å²) in [5.74, 6) is -0.656. The largest absolute Gasteiger partial charge is 0.481 e. The Bertz CT molecular complexity index is 1010. The van der Waals surface area contributed by atoms with Gasteiger partial charge in [0, 0.05) is 30.3 Å². The number of aliphatic carboxylic acids is 1. The van der Waals surface area contributed by atoms with Crippen LogP contribution in [0.2, 0.25) is 0 Å². The number of allylic oxidation sites excluding steroid dienone is 2. The van der Waals surface area contributed by atoms with E-state index in [4.69, 9.17) is 14.6 Å². The van der Waals surface area contributed by atoms with E-state index in [9.17, 15) is 4.79 Å². The van der Waals surface area contributed by atoms with Crippen LogP contribution in [-0.4, -0.2) is 22.7 Å². The number of carbonyl (C=O) groups is 1. The maximum absolute atomic E-state index is 10.7. The monoisotopic (exact) mass is 403 g/mol. The van der Waals surface area contributed by atoms with Crippen molar-refractivity contribution in [2.45, 2.75) is 31.7 Å². The molecule has 0 unspecified atom stereocenters. The molecule has 1 fully saturated rings. The number of aromatic nitrogens is 1. The fraction of sp³-hybridized carbons (Fsp3) is 0.280. The number of benzene rings is 2. The lowest BCUT2D eigenvalue weighted by Gasteiger charge is -2.37. The van der Waals surface area contributed by atoms with Crippen molar-refractivity contribution in [1.29, 1.82) is 0 Å². The van der Waals surface area contributed by atoms with Gasteiger partial charge in [-0.05, 0) is 35.2 Å². The first-order chi connectivity index (χ1) is 14.7. The summed E-state index contributed by atoms with van der Waals surface area (Å²) >= 11 is 0. The molecule has 0 spiro atoms. The first-order valence-corrected chi connectivity index (χ1v) is 10.2. The highest BCUT2D eigenvalue weighted by atomic mass is 16.7. The summed E-state index contributed by atoms with van der Waals surface area (Å²) < 4.78 is 12.6. The summed E-state index contributed by atoms with van der Waals surface area (Å²) in [6.45, 7) is 0.552. The Labute approximate surface area is 176 Å². The molecule has 3 atom stereocenters. The zero-order chi connectivity index (χ0) is 20.8. The van der Waals surface area contributed by atoms with Crippen molar-refractivity contribution < 1.29 is 19.4 Å². The van der Waals surface area contributed by atoms with E-state index < -0.39 is 12.3 Å². The minimum atomic E-state index is -0.782. The van der Waals surface area contributed by atoms with Gasteiger partial charge in [-0.25, -0.2) is 0 Å². The average Bonchev–Trinajstić information content (AvgIpc) is 2.79. The van der Waals surface area contributed by atoms with E-state index in [-0.39, 0.29) is 18.4 Å². The Balaban J connectivity index is 1.55. The number of fused-ring (bicyclic) bond motifs is 1. The third-order valence-electron chi connectivity index (χ3n) is 5.38. The van der Waals surface area contributed by atoms with E-state index in [2.05, 4.69) is 29.2 Å². The SMILES string of the molecule is O=C(O)CC/C=C\C[C@H]1CO[C@@H](c2cccc3ccccc23)O[C@H]1c1cccnc1. The average molecular weight is 403 g/mol. The quantitative estimate of drug-likeness (QED) is 0.531. The molecule has 0 bridgehead atoms. The van der Waals surface area contributed by atoms with Crippen LogP contribution in [-0.2, 0) is 14.3 Å². The summed E-state index contributed by atoms with van der Waals surface area (Å²) in [5, 5.41) is 11.1. The smallest absolute Gasteiger partial charge is 0.303 e. The fourth-order valence-corrected chi connectivity index (χ4v) is 3.88. The zero-order valence-electron chi connectivity index (χ0n) is 16.7. The lowest BCUT2D eigenvalue weighted by molar-refractivity contribution is -0.243. The molecule has 2 aromatic carbocycles. The molecule has 1 aromatic heterocycles. The first kappa shape index (κ1) is 20.3. The van der Waals surface area contributed by atoms with Crippen LogP contribution in [0.4, 0.5) is 0 Å². The molecule has 1 aliphatic heterocycles. The van der Waals surface area contributed by atoms with Crippen LogP contribution in [0.1, 0.15) is 42.8 Å². The van der Waals surface area contributed by atoms with Crippen LogP contribution in [0.5, 0.6) is 0 Å². The Morgan fingerprint density at radius 2 is 1.97 bits per heavy atom. The topological polar surface area (TPSA) is 68.7 Å². The van der Waals surface area contributed by atoms with Crippen LogP contribution in [0.15, 0.2) is 79.1 Å². The molecule has 4 rings (SSSR count). The number of hydrogen-bond donors (Lipinski definition) is 1. The second-order valence-electron chi connectivity index (χ2n) is 7.48. The molecule has 3 aromatic rings. The van der Waals surface area contributed by atoms with E-state index in [1.807, 2.05) is 48.7 Å². The molecule has 1 saturated heterocycles. The van der Waals surface area contributed by atoms with E-state index in [0.717, 1.165) is 28.3 Å². The van der Waals surface area contributed by atoms with Crippen LogP contribution in [0.3, 0.4) is 0 Å². The van der Waals surface area contributed by atoms with Crippen molar-refractivity contribution in [3.05, 3.63) is 90.3 Å².